The second-order valence-electron chi connectivity index (χ2n) is 3.27. The molecule has 0 saturated carbocycles. The Balaban J connectivity index is 3.97. The minimum Gasteiger partial charge on any atom is -0.481 e. The normalized spacial score (nSPS) is 12.5. The summed E-state index contributed by atoms with van der Waals surface area (Å²) in [6, 6.07) is 0. The maximum atomic E-state index is 10.6. The molecule has 0 amide bonds. The van der Waals surface area contributed by atoms with Crippen molar-refractivity contribution in [3.05, 3.63) is 12.2 Å². The van der Waals surface area contributed by atoms with Gasteiger partial charge < -0.3 is 15.3 Å². The Morgan fingerprint density at radius 1 is 1.00 bits per heavy atom. The largest absolute Gasteiger partial charge is 0.481 e. The van der Waals surface area contributed by atoms with Crippen molar-refractivity contribution in [1.82, 2.24) is 0 Å². The highest BCUT2D eigenvalue weighted by atomic mass is 16.4. The second kappa shape index (κ2) is 7.44. The summed E-state index contributed by atoms with van der Waals surface area (Å²) in [5.74, 6) is -4.21. The van der Waals surface area contributed by atoms with Crippen molar-refractivity contribution in [3.63, 3.8) is 0 Å². The summed E-state index contributed by atoms with van der Waals surface area (Å²) in [5, 5.41) is 25.4. The highest BCUT2D eigenvalue weighted by Crippen LogP contribution is 2.10. The summed E-state index contributed by atoms with van der Waals surface area (Å²) in [5.41, 5.74) is 0. The average Bonchev–Trinajstić information content (AvgIpc) is 2.14. The standard InChI is InChI=1S/C10H14O6/c11-8(12)5-3-1-2-4-7(10(15)16)6-9(13)14/h1-2,7H,3-6H2,(H,11,12)(H,13,14)(H,15,16). The summed E-state index contributed by atoms with van der Waals surface area (Å²) in [7, 11) is 0. The maximum Gasteiger partial charge on any atom is 0.307 e. The molecule has 0 aromatic carbocycles. The molecule has 90 valence electrons. The van der Waals surface area contributed by atoms with Gasteiger partial charge in [-0.05, 0) is 12.8 Å². The lowest BCUT2D eigenvalue weighted by Crippen LogP contribution is -2.16. The molecule has 0 radical (unpaired) electrons. The van der Waals surface area contributed by atoms with Crippen LogP contribution in [0.2, 0.25) is 0 Å². The molecule has 0 rings (SSSR count). The van der Waals surface area contributed by atoms with Gasteiger partial charge in [-0.3, -0.25) is 14.4 Å². The van der Waals surface area contributed by atoms with Crippen LogP contribution in [-0.2, 0) is 14.4 Å². The van der Waals surface area contributed by atoms with E-state index < -0.39 is 30.2 Å². The fourth-order valence-corrected chi connectivity index (χ4v) is 1.07. The monoisotopic (exact) mass is 230 g/mol. The third-order valence-corrected chi connectivity index (χ3v) is 1.88. The van der Waals surface area contributed by atoms with E-state index >= 15 is 0 Å². The Labute approximate surface area is 92.2 Å². The molecule has 6 nitrogen and oxygen atoms in total. The van der Waals surface area contributed by atoms with E-state index in [1.165, 1.54) is 6.08 Å². The van der Waals surface area contributed by atoms with Gasteiger partial charge in [0.05, 0.1) is 12.3 Å². The highest BCUT2D eigenvalue weighted by molar-refractivity contribution is 5.77. The molecule has 1 atom stereocenters. The Morgan fingerprint density at radius 2 is 1.62 bits per heavy atom. The summed E-state index contributed by atoms with van der Waals surface area (Å²) in [4.78, 5) is 31.1. The van der Waals surface area contributed by atoms with E-state index in [2.05, 4.69) is 0 Å². The fraction of sp³-hybridized carbons (Fsp3) is 0.500. The van der Waals surface area contributed by atoms with Gasteiger partial charge in [-0.1, -0.05) is 12.2 Å². The molecule has 1 unspecified atom stereocenters. The van der Waals surface area contributed by atoms with Crippen LogP contribution in [0.3, 0.4) is 0 Å². The van der Waals surface area contributed by atoms with Crippen molar-refractivity contribution in [1.29, 1.82) is 0 Å². The molecule has 6 heteroatoms. The summed E-state index contributed by atoms with van der Waals surface area (Å²) < 4.78 is 0. The highest BCUT2D eigenvalue weighted by Gasteiger charge is 2.19. The van der Waals surface area contributed by atoms with Crippen LogP contribution in [0.25, 0.3) is 0 Å². The molecule has 0 aromatic rings. The molecule has 0 spiro atoms. The van der Waals surface area contributed by atoms with E-state index in [1.807, 2.05) is 0 Å². The second-order valence-corrected chi connectivity index (χ2v) is 3.27. The minimum absolute atomic E-state index is 0.0207. The number of carboxylic acid groups (broad SMARTS) is 3. The molecule has 0 heterocycles. The van der Waals surface area contributed by atoms with Crippen molar-refractivity contribution < 1.29 is 29.7 Å². The molecule has 0 saturated heterocycles. The minimum atomic E-state index is -1.16. The van der Waals surface area contributed by atoms with Crippen molar-refractivity contribution in [2.75, 3.05) is 0 Å². The van der Waals surface area contributed by atoms with Crippen LogP contribution in [0.15, 0.2) is 12.2 Å². The van der Waals surface area contributed by atoms with E-state index in [0.29, 0.717) is 6.42 Å². The van der Waals surface area contributed by atoms with Gasteiger partial charge in [-0.15, -0.1) is 0 Å². The van der Waals surface area contributed by atoms with E-state index in [0.717, 1.165) is 0 Å². The first-order valence-corrected chi connectivity index (χ1v) is 4.75. The molecular weight excluding hydrogens is 216 g/mol. The summed E-state index contributed by atoms with van der Waals surface area (Å²) in [6.45, 7) is 0. The lowest BCUT2D eigenvalue weighted by Gasteiger charge is -2.05. The zero-order chi connectivity index (χ0) is 12.6. The smallest absolute Gasteiger partial charge is 0.307 e. The molecular formula is C10H14O6. The third-order valence-electron chi connectivity index (χ3n) is 1.88. The number of carbonyl (C=O) groups is 3. The molecule has 0 fully saturated rings. The van der Waals surface area contributed by atoms with E-state index in [4.69, 9.17) is 15.3 Å². The van der Waals surface area contributed by atoms with Gasteiger partial charge in [0, 0.05) is 6.42 Å². The van der Waals surface area contributed by atoms with Gasteiger partial charge in [0.1, 0.15) is 0 Å². The van der Waals surface area contributed by atoms with Crippen molar-refractivity contribution >= 4 is 17.9 Å². The van der Waals surface area contributed by atoms with E-state index in [-0.39, 0.29) is 12.8 Å². The van der Waals surface area contributed by atoms with Crippen LogP contribution < -0.4 is 0 Å². The third kappa shape index (κ3) is 7.54. The molecule has 3 N–H and O–H groups in total. The Kier molecular flexibility index (Phi) is 6.58. The van der Waals surface area contributed by atoms with E-state index in [9.17, 15) is 14.4 Å². The predicted molar refractivity (Wildman–Crippen MR) is 54.0 cm³/mol. The number of aliphatic carboxylic acids is 3. The molecule has 0 aliphatic carbocycles. The fourth-order valence-electron chi connectivity index (χ4n) is 1.07. The number of carboxylic acids is 3. The van der Waals surface area contributed by atoms with Crippen LogP contribution in [0, 0.1) is 5.92 Å². The molecule has 0 aliphatic rings. The maximum absolute atomic E-state index is 10.6. The van der Waals surface area contributed by atoms with E-state index in [1.54, 1.807) is 6.08 Å². The van der Waals surface area contributed by atoms with Gasteiger partial charge in [-0.2, -0.15) is 0 Å². The quantitative estimate of drug-likeness (QED) is 0.535. The Morgan fingerprint density at radius 3 is 2.06 bits per heavy atom. The lowest BCUT2D eigenvalue weighted by molar-refractivity contribution is -0.148. The van der Waals surface area contributed by atoms with Gasteiger partial charge in [0.2, 0.25) is 0 Å². The van der Waals surface area contributed by atoms with Crippen molar-refractivity contribution in [2.45, 2.75) is 25.7 Å². The molecule has 0 bridgehead atoms. The molecule has 0 aliphatic heterocycles. The number of hydrogen-bond acceptors (Lipinski definition) is 3. The molecule has 16 heavy (non-hydrogen) atoms. The van der Waals surface area contributed by atoms with Gasteiger partial charge in [0.25, 0.3) is 0 Å². The van der Waals surface area contributed by atoms with Crippen LogP contribution in [0.5, 0.6) is 0 Å². The molecule has 0 aromatic heterocycles. The number of hydrogen-bond donors (Lipinski definition) is 3. The van der Waals surface area contributed by atoms with Gasteiger partial charge >= 0.3 is 17.9 Å². The number of rotatable bonds is 8. The lowest BCUT2D eigenvalue weighted by atomic mass is 10.0. The first kappa shape index (κ1) is 14.2. The van der Waals surface area contributed by atoms with Crippen LogP contribution in [-0.4, -0.2) is 33.2 Å². The van der Waals surface area contributed by atoms with Crippen molar-refractivity contribution in [2.24, 2.45) is 5.92 Å². The van der Waals surface area contributed by atoms with Crippen molar-refractivity contribution in [3.8, 4) is 0 Å². The van der Waals surface area contributed by atoms with Gasteiger partial charge in [-0.25, -0.2) is 0 Å². The van der Waals surface area contributed by atoms with Crippen LogP contribution in [0.4, 0.5) is 0 Å². The van der Waals surface area contributed by atoms with Crippen LogP contribution >= 0.6 is 0 Å². The zero-order valence-electron chi connectivity index (χ0n) is 8.63. The summed E-state index contributed by atoms with van der Waals surface area (Å²) >= 11 is 0. The predicted octanol–water partition coefficient (Wildman–Crippen LogP) is 0.973. The summed E-state index contributed by atoms with van der Waals surface area (Å²) in [6.07, 6.45) is 3.01. The first-order valence-electron chi connectivity index (χ1n) is 4.75. The van der Waals surface area contributed by atoms with Crippen LogP contribution in [0.1, 0.15) is 25.7 Å². The first-order chi connectivity index (χ1) is 7.43. The SMILES string of the molecule is O=C(O)CCC=CCC(CC(=O)O)C(=O)O. The zero-order valence-corrected chi connectivity index (χ0v) is 8.63. The Bertz CT molecular complexity index is 294. The number of allylic oxidation sites excluding steroid dienone is 2. The van der Waals surface area contributed by atoms with Gasteiger partial charge in [0.15, 0.2) is 0 Å². The topological polar surface area (TPSA) is 112 Å². The average molecular weight is 230 g/mol. The Hall–Kier alpha value is -1.85.